The lowest BCUT2D eigenvalue weighted by atomic mass is 9.87. The van der Waals surface area contributed by atoms with Crippen molar-refractivity contribution in [2.75, 3.05) is 0 Å². The molecule has 1 aromatic heterocycles. The van der Waals surface area contributed by atoms with E-state index in [2.05, 4.69) is 0 Å². The number of aromatic nitrogens is 2. The summed E-state index contributed by atoms with van der Waals surface area (Å²) in [6.45, 7) is 6.92. The van der Waals surface area contributed by atoms with E-state index in [0.29, 0.717) is 13.0 Å². The first kappa shape index (κ1) is 15.5. The van der Waals surface area contributed by atoms with Gasteiger partial charge in [0.1, 0.15) is 0 Å². The molecule has 108 valence electrons. The standard InChI is InChI=1S/C14H24N2O3/c1-4-8-15-10-11-16(13(15)19)9-6-5-7-14(2,3)12(17)18/h10-11H,4-9H2,1-3H3,(H,17,18). The van der Waals surface area contributed by atoms with E-state index in [1.54, 1.807) is 29.2 Å². The van der Waals surface area contributed by atoms with Crippen LogP contribution in [-0.2, 0) is 17.9 Å². The molecule has 0 spiro atoms. The van der Waals surface area contributed by atoms with Gasteiger partial charge in [-0.1, -0.05) is 13.3 Å². The summed E-state index contributed by atoms with van der Waals surface area (Å²) in [6, 6.07) is 0. The van der Waals surface area contributed by atoms with Crippen molar-refractivity contribution in [3.05, 3.63) is 22.9 Å². The van der Waals surface area contributed by atoms with Crippen LogP contribution in [0.2, 0.25) is 0 Å². The highest BCUT2D eigenvalue weighted by Gasteiger charge is 2.25. The molecule has 1 N–H and O–H groups in total. The number of imidazole rings is 1. The van der Waals surface area contributed by atoms with Crippen molar-refractivity contribution in [2.45, 2.75) is 59.5 Å². The molecule has 0 unspecified atom stereocenters. The van der Waals surface area contributed by atoms with Gasteiger partial charge >= 0.3 is 11.7 Å². The molecule has 1 rings (SSSR count). The molecule has 0 atom stereocenters. The van der Waals surface area contributed by atoms with Gasteiger partial charge in [-0.05, 0) is 33.1 Å². The number of carboxylic acids is 1. The summed E-state index contributed by atoms with van der Waals surface area (Å²) in [4.78, 5) is 22.8. The molecule has 0 aromatic carbocycles. The summed E-state index contributed by atoms with van der Waals surface area (Å²) in [6.07, 6.45) is 6.83. The number of carbonyl (C=O) groups is 1. The maximum Gasteiger partial charge on any atom is 0.328 e. The second-order valence-electron chi connectivity index (χ2n) is 5.61. The van der Waals surface area contributed by atoms with Crippen LogP contribution in [0.25, 0.3) is 0 Å². The minimum absolute atomic E-state index is 0.0272. The van der Waals surface area contributed by atoms with Crippen LogP contribution >= 0.6 is 0 Å². The number of nitrogens with zero attached hydrogens (tertiary/aromatic N) is 2. The van der Waals surface area contributed by atoms with Crippen LogP contribution in [0.4, 0.5) is 0 Å². The number of hydrogen-bond donors (Lipinski definition) is 1. The van der Waals surface area contributed by atoms with E-state index in [1.165, 1.54) is 0 Å². The Labute approximate surface area is 113 Å². The van der Waals surface area contributed by atoms with E-state index in [9.17, 15) is 9.59 Å². The molecular weight excluding hydrogens is 244 g/mol. The Morgan fingerprint density at radius 1 is 1.21 bits per heavy atom. The Kier molecular flexibility index (Phi) is 5.39. The van der Waals surface area contributed by atoms with Gasteiger partial charge in [0.05, 0.1) is 5.41 Å². The molecule has 0 fully saturated rings. The van der Waals surface area contributed by atoms with Gasteiger partial charge in [0.25, 0.3) is 0 Å². The topological polar surface area (TPSA) is 64.2 Å². The number of rotatable bonds is 8. The van der Waals surface area contributed by atoms with Gasteiger partial charge in [0.2, 0.25) is 0 Å². The van der Waals surface area contributed by atoms with E-state index in [1.807, 2.05) is 13.1 Å². The fourth-order valence-electron chi connectivity index (χ4n) is 1.99. The lowest BCUT2D eigenvalue weighted by Gasteiger charge is -2.18. The highest BCUT2D eigenvalue weighted by molar-refractivity contribution is 5.73. The summed E-state index contributed by atoms with van der Waals surface area (Å²) in [5.74, 6) is -0.765. The predicted molar refractivity (Wildman–Crippen MR) is 74.3 cm³/mol. The Hall–Kier alpha value is -1.52. The molecule has 0 aliphatic carbocycles. The van der Waals surface area contributed by atoms with Crippen LogP contribution in [0.15, 0.2) is 17.2 Å². The van der Waals surface area contributed by atoms with Crippen LogP contribution in [0.1, 0.15) is 46.5 Å². The van der Waals surface area contributed by atoms with Gasteiger partial charge < -0.3 is 5.11 Å². The van der Waals surface area contributed by atoms with Crippen molar-refractivity contribution in [3.8, 4) is 0 Å². The van der Waals surface area contributed by atoms with Crippen molar-refractivity contribution in [2.24, 2.45) is 5.41 Å². The Balaban J connectivity index is 2.42. The summed E-state index contributed by atoms with van der Waals surface area (Å²) in [7, 11) is 0. The molecule has 0 aliphatic rings. The maximum absolute atomic E-state index is 11.9. The second kappa shape index (κ2) is 6.59. The monoisotopic (exact) mass is 268 g/mol. The quantitative estimate of drug-likeness (QED) is 0.736. The van der Waals surface area contributed by atoms with Crippen LogP contribution in [0, 0.1) is 5.41 Å². The van der Waals surface area contributed by atoms with Crippen molar-refractivity contribution in [3.63, 3.8) is 0 Å². The Bertz CT molecular complexity index is 471. The van der Waals surface area contributed by atoms with Crippen molar-refractivity contribution >= 4 is 5.97 Å². The molecule has 1 heterocycles. The Morgan fingerprint density at radius 3 is 2.32 bits per heavy atom. The first-order valence-corrected chi connectivity index (χ1v) is 6.87. The third-order valence-corrected chi connectivity index (χ3v) is 3.41. The minimum Gasteiger partial charge on any atom is -0.481 e. The fraction of sp³-hybridized carbons (Fsp3) is 0.714. The van der Waals surface area contributed by atoms with E-state index in [0.717, 1.165) is 25.8 Å². The number of unbranched alkanes of at least 4 members (excludes halogenated alkanes) is 1. The Morgan fingerprint density at radius 2 is 1.79 bits per heavy atom. The van der Waals surface area contributed by atoms with Gasteiger partial charge in [-0.2, -0.15) is 0 Å². The van der Waals surface area contributed by atoms with Gasteiger partial charge in [0.15, 0.2) is 0 Å². The highest BCUT2D eigenvalue weighted by atomic mass is 16.4. The van der Waals surface area contributed by atoms with Gasteiger partial charge in [0, 0.05) is 25.5 Å². The fourth-order valence-corrected chi connectivity index (χ4v) is 1.99. The molecule has 0 bridgehead atoms. The lowest BCUT2D eigenvalue weighted by molar-refractivity contribution is -0.147. The lowest BCUT2D eigenvalue weighted by Crippen LogP contribution is -2.25. The smallest absolute Gasteiger partial charge is 0.328 e. The summed E-state index contributed by atoms with van der Waals surface area (Å²) >= 11 is 0. The van der Waals surface area contributed by atoms with E-state index in [4.69, 9.17) is 5.11 Å². The van der Waals surface area contributed by atoms with Gasteiger partial charge in [-0.25, -0.2) is 4.79 Å². The second-order valence-corrected chi connectivity index (χ2v) is 5.61. The SMILES string of the molecule is CCCn1ccn(CCCCC(C)(C)C(=O)O)c1=O. The maximum atomic E-state index is 11.9. The molecule has 0 radical (unpaired) electrons. The number of carboxylic acid groups (broad SMARTS) is 1. The molecule has 0 aliphatic heterocycles. The molecule has 5 nitrogen and oxygen atoms in total. The van der Waals surface area contributed by atoms with Crippen molar-refractivity contribution < 1.29 is 9.90 Å². The average Bonchev–Trinajstić information content (AvgIpc) is 2.67. The third kappa shape index (κ3) is 4.26. The number of aliphatic carboxylic acids is 1. The number of aryl methyl sites for hydroxylation is 2. The first-order chi connectivity index (χ1) is 8.88. The van der Waals surface area contributed by atoms with Crippen LogP contribution in [-0.4, -0.2) is 20.2 Å². The molecule has 0 saturated carbocycles. The van der Waals surface area contributed by atoms with Crippen molar-refractivity contribution in [1.29, 1.82) is 0 Å². The normalized spacial score (nSPS) is 11.7. The minimum atomic E-state index is -0.765. The van der Waals surface area contributed by atoms with E-state index >= 15 is 0 Å². The average molecular weight is 268 g/mol. The van der Waals surface area contributed by atoms with Gasteiger partial charge in [-0.3, -0.25) is 13.9 Å². The first-order valence-electron chi connectivity index (χ1n) is 6.87. The molecule has 19 heavy (non-hydrogen) atoms. The summed E-state index contributed by atoms with van der Waals surface area (Å²) in [5, 5.41) is 9.01. The molecule has 0 amide bonds. The van der Waals surface area contributed by atoms with E-state index in [-0.39, 0.29) is 5.69 Å². The van der Waals surface area contributed by atoms with E-state index < -0.39 is 11.4 Å². The van der Waals surface area contributed by atoms with Gasteiger partial charge in [-0.15, -0.1) is 0 Å². The zero-order valence-corrected chi connectivity index (χ0v) is 12.1. The largest absolute Gasteiger partial charge is 0.481 e. The molecule has 0 saturated heterocycles. The molecular formula is C14H24N2O3. The highest BCUT2D eigenvalue weighted by Crippen LogP contribution is 2.23. The predicted octanol–water partition coefficient (Wildman–Crippen LogP) is 2.34. The zero-order chi connectivity index (χ0) is 14.5. The summed E-state index contributed by atoms with van der Waals surface area (Å²) in [5.41, 5.74) is -0.654. The third-order valence-electron chi connectivity index (χ3n) is 3.41. The summed E-state index contributed by atoms with van der Waals surface area (Å²) < 4.78 is 3.41. The molecule has 1 aromatic rings. The van der Waals surface area contributed by atoms with Crippen LogP contribution in [0.3, 0.4) is 0 Å². The van der Waals surface area contributed by atoms with Crippen molar-refractivity contribution in [1.82, 2.24) is 9.13 Å². The molecule has 5 heteroatoms. The number of hydrogen-bond acceptors (Lipinski definition) is 2. The zero-order valence-electron chi connectivity index (χ0n) is 12.1. The van der Waals surface area contributed by atoms with Crippen LogP contribution in [0.5, 0.6) is 0 Å². The van der Waals surface area contributed by atoms with Crippen LogP contribution < -0.4 is 5.69 Å².